The fourth-order valence-electron chi connectivity index (χ4n) is 1.67. The van der Waals surface area contributed by atoms with Crippen molar-refractivity contribution < 1.29 is 9.18 Å². The van der Waals surface area contributed by atoms with Crippen LogP contribution < -0.4 is 5.73 Å². The van der Waals surface area contributed by atoms with Gasteiger partial charge in [0.05, 0.1) is 11.8 Å². The van der Waals surface area contributed by atoms with Gasteiger partial charge in [0.1, 0.15) is 17.3 Å². The molecule has 0 unspecified atom stereocenters. The lowest BCUT2D eigenvalue weighted by Crippen LogP contribution is -2.11. The van der Waals surface area contributed by atoms with E-state index in [-0.39, 0.29) is 23.2 Å². The molecule has 0 saturated heterocycles. The molecule has 0 spiro atoms. The Morgan fingerprint density at radius 3 is 2.67 bits per heavy atom. The third-order valence-corrected chi connectivity index (χ3v) is 2.68. The maximum Gasteiger partial charge on any atom is 0.170 e. The third kappa shape index (κ3) is 1.99. The zero-order chi connectivity index (χ0) is 13.3. The van der Waals surface area contributed by atoms with E-state index in [1.807, 2.05) is 0 Å². The number of aromatic nitrogens is 2. The minimum atomic E-state index is -0.434. The molecular formula is C13H14FN3O. The topological polar surface area (TPSA) is 60.9 Å². The summed E-state index contributed by atoms with van der Waals surface area (Å²) in [6.45, 7) is 3.56. The maximum absolute atomic E-state index is 13.6. The number of para-hydroxylation sites is 1. The number of rotatable bonds is 3. The minimum Gasteiger partial charge on any atom is -0.383 e. The summed E-state index contributed by atoms with van der Waals surface area (Å²) in [6.07, 6.45) is 1.38. The smallest absolute Gasteiger partial charge is 0.170 e. The number of hydrogen-bond donors (Lipinski definition) is 1. The van der Waals surface area contributed by atoms with Gasteiger partial charge in [-0.15, -0.1) is 0 Å². The van der Waals surface area contributed by atoms with Gasteiger partial charge in [0.15, 0.2) is 5.78 Å². The fraction of sp³-hybridized carbons (Fsp3) is 0.231. The summed E-state index contributed by atoms with van der Waals surface area (Å²) in [6, 6.07) is 6.14. The number of carbonyl (C=O) groups excluding carboxylic acids is 1. The molecule has 0 radical (unpaired) electrons. The van der Waals surface area contributed by atoms with Crippen LogP contribution in [0.1, 0.15) is 24.2 Å². The van der Waals surface area contributed by atoms with Gasteiger partial charge >= 0.3 is 0 Å². The van der Waals surface area contributed by atoms with Gasteiger partial charge in [0.2, 0.25) is 0 Å². The molecule has 0 bridgehead atoms. The Labute approximate surface area is 104 Å². The van der Waals surface area contributed by atoms with E-state index in [0.717, 1.165) is 0 Å². The first kappa shape index (κ1) is 12.3. The number of nitrogen functional groups attached to an aromatic ring is 1. The standard InChI is InChI=1S/C13H14FN3O/c1-8(2)12(18)9-7-16-17(13(9)15)11-6-4-3-5-10(11)14/h3-8H,15H2,1-2H3. The van der Waals surface area contributed by atoms with Crippen molar-refractivity contribution in [1.82, 2.24) is 9.78 Å². The second kappa shape index (κ2) is 4.60. The van der Waals surface area contributed by atoms with Crippen molar-refractivity contribution >= 4 is 11.6 Å². The van der Waals surface area contributed by atoms with Gasteiger partial charge in [-0.25, -0.2) is 9.07 Å². The van der Waals surface area contributed by atoms with Crippen molar-refractivity contribution in [3.05, 3.63) is 41.8 Å². The number of benzene rings is 1. The highest BCUT2D eigenvalue weighted by molar-refractivity contribution is 6.01. The summed E-state index contributed by atoms with van der Waals surface area (Å²) in [5.74, 6) is -0.546. The molecule has 0 aliphatic carbocycles. The molecule has 0 saturated carbocycles. The molecule has 2 N–H and O–H groups in total. The number of nitrogens with zero attached hydrogens (tertiary/aromatic N) is 2. The fourth-order valence-corrected chi connectivity index (χ4v) is 1.67. The van der Waals surface area contributed by atoms with Gasteiger partial charge in [-0.3, -0.25) is 4.79 Å². The van der Waals surface area contributed by atoms with E-state index in [9.17, 15) is 9.18 Å². The van der Waals surface area contributed by atoms with Gasteiger partial charge in [0.25, 0.3) is 0 Å². The number of ketones is 1. The predicted octanol–water partition coefficient (Wildman–Crippen LogP) is 2.43. The highest BCUT2D eigenvalue weighted by atomic mass is 19.1. The Kier molecular flexibility index (Phi) is 3.14. The summed E-state index contributed by atoms with van der Waals surface area (Å²) < 4.78 is 14.9. The SMILES string of the molecule is CC(C)C(=O)c1cnn(-c2ccccc2F)c1N. The Balaban J connectivity index is 2.50. The lowest BCUT2D eigenvalue weighted by molar-refractivity contribution is 0.0940. The molecule has 1 aromatic carbocycles. The van der Waals surface area contributed by atoms with Crippen LogP contribution in [0.2, 0.25) is 0 Å². The van der Waals surface area contributed by atoms with Crippen LogP contribution in [0.4, 0.5) is 10.2 Å². The van der Waals surface area contributed by atoms with Crippen molar-refractivity contribution in [2.45, 2.75) is 13.8 Å². The molecule has 0 aliphatic heterocycles. The van der Waals surface area contributed by atoms with Crippen LogP contribution in [0.15, 0.2) is 30.5 Å². The molecule has 2 rings (SSSR count). The van der Waals surface area contributed by atoms with Crippen molar-refractivity contribution in [2.75, 3.05) is 5.73 Å². The first-order valence-corrected chi connectivity index (χ1v) is 5.65. The van der Waals surface area contributed by atoms with E-state index in [1.54, 1.807) is 32.0 Å². The number of halogens is 1. The van der Waals surface area contributed by atoms with Crippen LogP contribution in [0.5, 0.6) is 0 Å². The zero-order valence-corrected chi connectivity index (χ0v) is 10.2. The molecule has 0 atom stereocenters. The molecule has 1 heterocycles. The minimum absolute atomic E-state index is 0.102. The van der Waals surface area contributed by atoms with Gasteiger partial charge in [0, 0.05) is 5.92 Å². The second-order valence-corrected chi connectivity index (χ2v) is 4.33. The van der Waals surface area contributed by atoms with Gasteiger partial charge in [-0.05, 0) is 12.1 Å². The Bertz CT molecular complexity index is 590. The highest BCUT2D eigenvalue weighted by Crippen LogP contribution is 2.21. The molecule has 0 fully saturated rings. The van der Waals surface area contributed by atoms with Crippen molar-refractivity contribution in [3.63, 3.8) is 0 Å². The quantitative estimate of drug-likeness (QED) is 0.847. The first-order chi connectivity index (χ1) is 8.52. The number of hydrogen-bond acceptors (Lipinski definition) is 3. The van der Waals surface area contributed by atoms with Gasteiger partial charge in [-0.2, -0.15) is 5.10 Å². The van der Waals surface area contributed by atoms with Crippen LogP contribution in [-0.4, -0.2) is 15.6 Å². The molecule has 0 aliphatic rings. The zero-order valence-electron chi connectivity index (χ0n) is 10.2. The maximum atomic E-state index is 13.6. The molecule has 4 nitrogen and oxygen atoms in total. The normalized spacial score (nSPS) is 10.9. The average Bonchev–Trinajstić information content (AvgIpc) is 2.71. The van der Waals surface area contributed by atoms with Gasteiger partial charge < -0.3 is 5.73 Å². The van der Waals surface area contributed by atoms with Crippen LogP contribution in [0, 0.1) is 11.7 Å². The van der Waals surface area contributed by atoms with Gasteiger partial charge in [-0.1, -0.05) is 26.0 Å². The number of anilines is 1. The largest absolute Gasteiger partial charge is 0.383 e. The summed E-state index contributed by atoms with van der Waals surface area (Å²) in [7, 11) is 0. The lowest BCUT2D eigenvalue weighted by Gasteiger charge is -2.06. The van der Waals surface area contributed by atoms with Crippen LogP contribution >= 0.6 is 0 Å². The first-order valence-electron chi connectivity index (χ1n) is 5.65. The molecule has 0 amide bonds. The summed E-state index contributed by atoms with van der Waals surface area (Å²) in [5.41, 5.74) is 6.42. The van der Waals surface area contributed by atoms with Crippen LogP contribution in [0.3, 0.4) is 0 Å². The monoisotopic (exact) mass is 247 g/mol. The number of Topliss-reactive ketones (excluding diaryl/α,β-unsaturated/α-hetero) is 1. The summed E-state index contributed by atoms with van der Waals surface area (Å²) in [5, 5.41) is 3.98. The van der Waals surface area contributed by atoms with Crippen molar-refractivity contribution in [3.8, 4) is 5.69 Å². The van der Waals surface area contributed by atoms with E-state index in [0.29, 0.717) is 5.56 Å². The molecule has 2 aromatic rings. The Morgan fingerprint density at radius 2 is 2.06 bits per heavy atom. The van der Waals surface area contributed by atoms with Crippen molar-refractivity contribution in [2.24, 2.45) is 5.92 Å². The second-order valence-electron chi connectivity index (χ2n) is 4.33. The van der Waals surface area contributed by atoms with E-state index >= 15 is 0 Å². The average molecular weight is 247 g/mol. The highest BCUT2D eigenvalue weighted by Gasteiger charge is 2.19. The number of nitrogens with two attached hydrogens (primary N) is 1. The number of carbonyl (C=O) groups is 1. The third-order valence-electron chi connectivity index (χ3n) is 2.68. The predicted molar refractivity (Wildman–Crippen MR) is 67.1 cm³/mol. The molecule has 5 heteroatoms. The molecule has 18 heavy (non-hydrogen) atoms. The molecular weight excluding hydrogens is 233 g/mol. The van der Waals surface area contributed by atoms with Crippen molar-refractivity contribution in [1.29, 1.82) is 0 Å². The summed E-state index contributed by atoms with van der Waals surface area (Å²) in [4.78, 5) is 11.9. The van der Waals surface area contributed by atoms with E-state index in [4.69, 9.17) is 5.73 Å². The molecule has 1 aromatic heterocycles. The van der Waals surface area contributed by atoms with E-state index in [2.05, 4.69) is 5.10 Å². The summed E-state index contributed by atoms with van der Waals surface area (Å²) >= 11 is 0. The Morgan fingerprint density at radius 1 is 1.39 bits per heavy atom. The van der Waals surface area contributed by atoms with Crippen LogP contribution in [0.25, 0.3) is 5.69 Å². The van der Waals surface area contributed by atoms with E-state index in [1.165, 1.54) is 16.9 Å². The van der Waals surface area contributed by atoms with E-state index < -0.39 is 5.82 Å². The van der Waals surface area contributed by atoms with Crippen LogP contribution in [-0.2, 0) is 0 Å². The Hall–Kier alpha value is -2.17. The lowest BCUT2D eigenvalue weighted by atomic mass is 10.0. The molecule has 94 valence electrons.